The maximum Gasteiger partial charge on any atom is 0.291 e. The molecule has 1 aromatic heterocycles. The molecule has 7 heteroatoms. The van der Waals surface area contributed by atoms with Gasteiger partial charge in [-0.25, -0.2) is 13.6 Å². The number of nitrogens with two attached hydrogens (primary N) is 1. The van der Waals surface area contributed by atoms with Gasteiger partial charge in [0.1, 0.15) is 5.58 Å². The Bertz CT molecular complexity index is 1230. The Morgan fingerprint density at radius 1 is 0.857 bits per heavy atom. The third kappa shape index (κ3) is 3.66. The van der Waals surface area contributed by atoms with Crippen LogP contribution in [0.3, 0.4) is 0 Å². The molecule has 4 aromatic rings. The summed E-state index contributed by atoms with van der Waals surface area (Å²) in [5.74, 6) is -0.0923. The van der Waals surface area contributed by atoms with Crippen molar-refractivity contribution in [1.82, 2.24) is 0 Å². The van der Waals surface area contributed by atoms with E-state index in [-0.39, 0.29) is 16.6 Å². The Morgan fingerprint density at radius 3 is 2.07 bits per heavy atom. The Labute approximate surface area is 161 Å². The molecule has 0 atom stereocenters. The van der Waals surface area contributed by atoms with Gasteiger partial charge in [0.05, 0.1) is 4.90 Å². The molecule has 3 N–H and O–H groups in total. The van der Waals surface area contributed by atoms with Crippen LogP contribution in [-0.2, 0) is 10.0 Å². The second-order valence-corrected chi connectivity index (χ2v) is 7.81. The standard InChI is InChI=1S/C21H16N2O4S/c22-28(25,26)18-11-7-15(8-12-18)14-5-9-17(10-6-14)23-21(24)20-13-16-3-1-2-4-19(16)27-20/h1-13H,(H,23,24)(H2,22,25,26). The molecule has 1 heterocycles. The number of fused-ring (bicyclic) bond motifs is 1. The van der Waals surface area contributed by atoms with E-state index in [0.717, 1.165) is 16.5 Å². The lowest BCUT2D eigenvalue weighted by atomic mass is 10.1. The van der Waals surface area contributed by atoms with Crippen LogP contribution in [0.4, 0.5) is 5.69 Å². The van der Waals surface area contributed by atoms with E-state index in [1.54, 1.807) is 30.3 Å². The number of carbonyl (C=O) groups excluding carboxylic acids is 1. The third-order valence-electron chi connectivity index (χ3n) is 4.31. The number of para-hydroxylation sites is 1. The van der Waals surface area contributed by atoms with Crippen LogP contribution in [0.5, 0.6) is 0 Å². The molecule has 0 saturated heterocycles. The zero-order chi connectivity index (χ0) is 19.7. The second kappa shape index (κ2) is 6.95. The van der Waals surface area contributed by atoms with E-state index < -0.39 is 10.0 Å². The summed E-state index contributed by atoms with van der Waals surface area (Å²) in [7, 11) is -3.71. The van der Waals surface area contributed by atoms with Gasteiger partial charge in [-0.1, -0.05) is 42.5 Å². The molecule has 0 saturated carbocycles. The van der Waals surface area contributed by atoms with Gasteiger partial charge in [-0.05, 0) is 47.5 Å². The maximum absolute atomic E-state index is 12.4. The number of primary sulfonamides is 1. The molecule has 1 amide bonds. The average Bonchev–Trinajstić information content (AvgIpc) is 3.12. The van der Waals surface area contributed by atoms with E-state index in [9.17, 15) is 13.2 Å². The highest BCUT2D eigenvalue weighted by Gasteiger charge is 2.12. The van der Waals surface area contributed by atoms with Crippen LogP contribution in [0.25, 0.3) is 22.1 Å². The molecule has 0 aliphatic heterocycles. The fourth-order valence-corrected chi connectivity index (χ4v) is 3.38. The second-order valence-electron chi connectivity index (χ2n) is 6.25. The predicted octanol–water partition coefficient (Wildman–Crippen LogP) is 4.00. The van der Waals surface area contributed by atoms with E-state index in [1.165, 1.54) is 12.1 Å². The van der Waals surface area contributed by atoms with Crippen molar-refractivity contribution in [3.63, 3.8) is 0 Å². The van der Waals surface area contributed by atoms with Crippen LogP contribution in [0, 0.1) is 0 Å². The average molecular weight is 392 g/mol. The van der Waals surface area contributed by atoms with E-state index in [2.05, 4.69) is 5.32 Å². The maximum atomic E-state index is 12.4. The van der Waals surface area contributed by atoms with Crippen molar-refractivity contribution in [3.05, 3.63) is 84.6 Å². The van der Waals surface area contributed by atoms with Gasteiger partial charge < -0.3 is 9.73 Å². The number of carbonyl (C=O) groups is 1. The van der Waals surface area contributed by atoms with Gasteiger partial charge >= 0.3 is 0 Å². The van der Waals surface area contributed by atoms with Gasteiger partial charge in [0.15, 0.2) is 5.76 Å². The summed E-state index contributed by atoms with van der Waals surface area (Å²) in [5.41, 5.74) is 2.99. The zero-order valence-corrected chi connectivity index (χ0v) is 15.4. The quantitative estimate of drug-likeness (QED) is 0.548. The number of amides is 1. The minimum Gasteiger partial charge on any atom is -0.451 e. The van der Waals surface area contributed by atoms with E-state index in [1.807, 2.05) is 36.4 Å². The van der Waals surface area contributed by atoms with Crippen molar-refractivity contribution >= 4 is 32.6 Å². The van der Waals surface area contributed by atoms with Crippen LogP contribution >= 0.6 is 0 Å². The normalized spacial score (nSPS) is 11.5. The topological polar surface area (TPSA) is 102 Å². The SMILES string of the molecule is NS(=O)(=O)c1ccc(-c2ccc(NC(=O)c3cc4ccccc4o3)cc2)cc1. The molecule has 140 valence electrons. The molecule has 6 nitrogen and oxygen atoms in total. The molecule has 28 heavy (non-hydrogen) atoms. The first kappa shape index (κ1) is 18.0. The van der Waals surface area contributed by atoms with Gasteiger partial charge in [0, 0.05) is 11.1 Å². The molecule has 3 aromatic carbocycles. The molecule has 0 fully saturated rings. The van der Waals surface area contributed by atoms with Crippen molar-refractivity contribution in [2.75, 3.05) is 5.32 Å². The predicted molar refractivity (Wildman–Crippen MR) is 107 cm³/mol. The summed E-state index contributed by atoms with van der Waals surface area (Å²) in [5, 5.41) is 8.77. The largest absolute Gasteiger partial charge is 0.451 e. The summed E-state index contributed by atoms with van der Waals surface area (Å²) >= 11 is 0. The molecule has 4 rings (SSSR count). The van der Waals surface area contributed by atoms with Crippen LogP contribution in [-0.4, -0.2) is 14.3 Å². The Morgan fingerprint density at radius 2 is 1.46 bits per heavy atom. The van der Waals surface area contributed by atoms with Crippen LogP contribution in [0.2, 0.25) is 0 Å². The number of benzene rings is 3. The van der Waals surface area contributed by atoms with Crippen LogP contribution < -0.4 is 10.5 Å². The number of rotatable bonds is 4. The van der Waals surface area contributed by atoms with Gasteiger partial charge in [-0.3, -0.25) is 4.79 Å². The number of hydrogen-bond acceptors (Lipinski definition) is 4. The van der Waals surface area contributed by atoms with Crippen LogP contribution in [0.1, 0.15) is 10.6 Å². The summed E-state index contributed by atoms with van der Waals surface area (Å²) in [6.07, 6.45) is 0. The van der Waals surface area contributed by atoms with Gasteiger partial charge in [0.2, 0.25) is 10.0 Å². The fourth-order valence-electron chi connectivity index (χ4n) is 2.87. The van der Waals surface area contributed by atoms with Crippen molar-refractivity contribution in [1.29, 1.82) is 0 Å². The summed E-state index contributed by atoms with van der Waals surface area (Å²) in [4.78, 5) is 12.5. The first-order chi connectivity index (χ1) is 13.4. The number of sulfonamides is 1. The lowest BCUT2D eigenvalue weighted by Crippen LogP contribution is -2.11. The number of anilines is 1. The molecular weight excluding hydrogens is 376 g/mol. The summed E-state index contributed by atoms with van der Waals surface area (Å²) in [6.45, 7) is 0. The lowest BCUT2D eigenvalue weighted by molar-refractivity contribution is 0.0998. The molecule has 0 aliphatic carbocycles. The highest BCUT2D eigenvalue weighted by molar-refractivity contribution is 7.89. The Kier molecular flexibility index (Phi) is 4.46. The zero-order valence-electron chi connectivity index (χ0n) is 14.6. The van der Waals surface area contributed by atoms with Gasteiger partial charge in [-0.15, -0.1) is 0 Å². The third-order valence-corrected chi connectivity index (χ3v) is 5.24. The first-order valence-corrected chi connectivity index (χ1v) is 9.98. The Hall–Kier alpha value is -3.42. The minimum absolute atomic E-state index is 0.0611. The highest BCUT2D eigenvalue weighted by Crippen LogP contribution is 2.24. The number of nitrogens with one attached hydrogen (secondary N) is 1. The number of hydrogen-bond donors (Lipinski definition) is 2. The van der Waals surface area contributed by atoms with E-state index in [4.69, 9.17) is 9.56 Å². The molecule has 0 bridgehead atoms. The van der Waals surface area contributed by atoms with Gasteiger partial charge in [0.25, 0.3) is 5.91 Å². The van der Waals surface area contributed by atoms with Crippen molar-refractivity contribution < 1.29 is 17.6 Å². The highest BCUT2D eigenvalue weighted by atomic mass is 32.2. The Balaban J connectivity index is 1.50. The van der Waals surface area contributed by atoms with Crippen molar-refractivity contribution in [3.8, 4) is 11.1 Å². The molecule has 0 spiro atoms. The summed E-state index contributed by atoms with van der Waals surface area (Å²) in [6, 6.07) is 22.6. The van der Waals surface area contributed by atoms with Crippen molar-refractivity contribution in [2.24, 2.45) is 5.14 Å². The fraction of sp³-hybridized carbons (Fsp3) is 0. The monoisotopic (exact) mass is 392 g/mol. The van der Waals surface area contributed by atoms with E-state index in [0.29, 0.717) is 11.3 Å². The molecular formula is C21H16N2O4S. The molecule has 0 radical (unpaired) electrons. The molecule has 0 unspecified atom stereocenters. The summed E-state index contributed by atoms with van der Waals surface area (Å²) < 4.78 is 28.2. The number of furan rings is 1. The molecule has 0 aliphatic rings. The minimum atomic E-state index is -3.71. The van der Waals surface area contributed by atoms with Crippen molar-refractivity contribution in [2.45, 2.75) is 4.90 Å². The smallest absolute Gasteiger partial charge is 0.291 e. The van der Waals surface area contributed by atoms with Crippen LogP contribution in [0.15, 0.2) is 88.2 Å². The lowest BCUT2D eigenvalue weighted by Gasteiger charge is -2.06. The first-order valence-electron chi connectivity index (χ1n) is 8.43. The van der Waals surface area contributed by atoms with Gasteiger partial charge in [-0.2, -0.15) is 0 Å². The van der Waals surface area contributed by atoms with E-state index >= 15 is 0 Å².